The summed E-state index contributed by atoms with van der Waals surface area (Å²) in [6.07, 6.45) is 1.17. The van der Waals surface area contributed by atoms with Crippen molar-refractivity contribution in [3.63, 3.8) is 0 Å². The first-order valence-corrected chi connectivity index (χ1v) is 6.76. The molecule has 3 heteroatoms. The summed E-state index contributed by atoms with van der Waals surface area (Å²) < 4.78 is 11.5. The van der Waals surface area contributed by atoms with Gasteiger partial charge in [0.15, 0.2) is 0 Å². The standard InChI is InChI=1S/C15H21NO2/c1-15(2)14(16-9-11-7-8-17-10-11)12-5-3-4-6-13(12)18-15/h3-6,11,14,16H,7-10H2,1-2H3. The van der Waals surface area contributed by atoms with Gasteiger partial charge in [0.1, 0.15) is 11.4 Å². The lowest BCUT2D eigenvalue weighted by atomic mass is 9.94. The van der Waals surface area contributed by atoms with Crippen LogP contribution >= 0.6 is 0 Å². The maximum Gasteiger partial charge on any atom is 0.125 e. The van der Waals surface area contributed by atoms with Crippen molar-refractivity contribution in [2.75, 3.05) is 19.8 Å². The molecule has 2 heterocycles. The van der Waals surface area contributed by atoms with Gasteiger partial charge in [-0.15, -0.1) is 0 Å². The average molecular weight is 247 g/mol. The van der Waals surface area contributed by atoms with E-state index in [4.69, 9.17) is 9.47 Å². The van der Waals surface area contributed by atoms with E-state index < -0.39 is 0 Å². The van der Waals surface area contributed by atoms with Crippen molar-refractivity contribution in [2.24, 2.45) is 5.92 Å². The predicted octanol–water partition coefficient (Wildman–Crippen LogP) is 2.52. The van der Waals surface area contributed by atoms with Gasteiger partial charge < -0.3 is 14.8 Å². The molecular weight excluding hydrogens is 226 g/mol. The van der Waals surface area contributed by atoms with E-state index in [1.165, 1.54) is 12.0 Å². The largest absolute Gasteiger partial charge is 0.486 e. The van der Waals surface area contributed by atoms with Gasteiger partial charge >= 0.3 is 0 Å². The fraction of sp³-hybridized carbons (Fsp3) is 0.600. The summed E-state index contributed by atoms with van der Waals surface area (Å²) in [5, 5.41) is 3.66. The van der Waals surface area contributed by atoms with Crippen molar-refractivity contribution in [3.05, 3.63) is 29.8 Å². The molecule has 0 spiro atoms. The van der Waals surface area contributed by atoms with Crippen molar-refractivity contribution in [2.45, 2.75) is 31.9 Å². The summed E-state index contributed by atoms with van der Waals surface area (Å²) in [6.45, 7) is 7.10. The molecule has 1 fully saturated rings. The molecule has 18 heavy (non-hydrogen) atoms. The van der Waals surface area contributed by atoms with Gasteiger partial charge in [-0.3, -0.25) is 0 Å². The van der Waals surface area contributed by atoms with Gasteiger partial charge in [0.2, 0.25) is 0 Å². The van der Waals surface area contributed by atoms with Crippen LogP contribution in [0.1, 0.15) is 31.9 Å². The minimum absolute atomic E-state index is 0.177. The molecule has 3 rings (SSSR count). The number of fused-ring (bicyclic) bond motifs is 1. The molecule has 1 aromatic rings. The lowest BCUT2D eigenvalue weighted by Crippen LogP contribution is -2.41. The molecule has 0 saturated carbocycles. The van der Waals surface area contributed by atoms with Crippen molar-refractivity contribution >= 4 is 0 Å². The predicted molar refractivity (Wildman–Crippen MR) is 70.8 cm³/mol. The highest BCUT2D eigenvalue weighted by Gasteiger charge is 2.40. The van der Waals surface area contributed by atoms with E-state index in [-0.39, 0.29) is 11.6 Å². The first-order valence-electron chi connectivity index (χ1n) is 6.76. The van der Waals surface area contributed by atoms with E-state index in [0.717, 1.165) is 25.5 Å². The first kappa shape index (κ1) is 12.0. The second-order valence-corrected chi connectivity index (χ2v) is 5.81. The fourth-order valence-corrected chi connectivity index (χ4v) is 2.91. The minimum Gasteiger partial charge on any atom is -0.486 e. The second kappa shape index (κ2) is 4.56. The Morgan fingerprint density at radius 3 is 2.94 bits per heavy atom. The number of benzene rings is 1. The highest BCUT2D eigenvalue weighted by Crippen LogP contribution is 2.42. The minimum atomic E-state index is -0.177. The summed E-state index contributed by atoms with van der Waals surface area (Å²) in [5.41, 5.74) is 1.10. The van der Waals surface area contributed by atoms with Crippen molar-refractivity contribution in [1.82, 2.24) is 5.32 Å². The Balaban J connectivity index is 1.73. The summed E-state index contributed by atoms with van der Waals surface area (Å²) in [4.78, 5) is 0. The van der Waals surface area contributed by atoms with Gasteiger partial charge in [-0.05, 0) is 32.3 Å². The van der Waals surface area contributed by atoms with Crippen LogP contribution in [0, 0.1) is 5.92 Å². The summed E-state index contributed by atoms with van der Waals surface area (Å²) in [6, 6.07) is 8.60. The van der Waals surface area contributed by atoms with E-state index >= 15 is 0 Å². The van der Waals surface area contributed by atoms with Crippen molar-refractivity contribution < 1.29 is 9.47 Å². The molecule has 2 aliphatic rings. The maximum absolute atomic E-state index is 6.03. The van der Waals surface area contributed by atoms with Gasteiger partial charge in [0.25, 0.3) is 0 Å². The Labute approximate surface area is 108 Å². The van der Waals surface area contributed by atoms with Crippen LogP contribution in [0.4, 0.5) is 0 Å². The lowest BCUT2D eigenvalue weighted by molar-refractivity contribution is 0.0937. The maximum atomic E-state index is 6.03. The van der Waals surface area contributed by atoms with Crippen LogP contribution < -0.4 is 10.1 Å². The van der Waals surface area contributed by atoms with E-state index in [2.05, 4.69) is 37.4 Å². The number of rotatable bonds is 3. The molecule has 98 valence electrons. The molecule has 0 bridgehead atoms. The Morgan fingerprint density at radius 1 is 1.33 bits per heavy atom. The second-order valence-electron chi connectivity index (χ2n) is 5.81. The normalized spacial score (nSPS) is 29.0. The number of hydrogen-bond acceptors (Lipinski definition) is 3. The van der Waals surface area contributed by atoms with Crippen LogP contribution in [0.2, 0.25) is 0 Å². The zero-order valence-corrected chi connectivity index (χ0v) is 11.1. The molecule has 0 aliphatic carbocycles. The topological polar surface area (TPSA) is 30.5 Å². The summed E-state index contributed by atoms with van der Waals surface area (Å²) in [7, 11) is 0. The third-order valence-corrected chi connectivity index (χ3v) is 3.93. The SMILES string of the molecule is CC1(C)Oc2ccccc2C1NCC1CCOC1. The fourth-order valence-electron chi connectivity index (χ4n) is 2.91. The zero-order valence-electron chi connectivity index (χ0n) is 11.1. The van der Waals surface area contributed by atoms with Gasteiger partial charge in [0.05, 0.1) is 12.6 Å². The van der Waals surface area contributed by atoms with Crippen LogP contribution in [0.15, 0.2) is 24.3 Å². The molecule has 2 aliphatic heterocycles. The van der Waals surface area contributed by atoms with E-state index in [1.807, 2.05) is 6.07 Å². The monoisotopic (exact) mass is 247 g/mol. The third kappa shape index (κ3) is 2.13. The molecule has 0 aromatic heterocycles. The number of ether oxygens (including phenoxy) is 2. The molecule has 0 radical (unpaired) electrons. The number of nitrogens with one attached hydrogen (secondary N) is 1. The first-order chi connectivity index (χ1) is 8.67. The summed E-state index contributed by atoms with van der Waals surface area (Å²) >= 11 is 0. The van der Waals surface area contributed by atoms with Crippen molar-refractivity contribution in [3.8, 4) is 5.75 Å². The van der Waals surface area contributed by atoms with Crippen LogP contribution in [0.3, 0.4) is 0 Å². The van der Waals surface area contributed by atoms with Crippen molar-refractivity contribution in [1.29, 1.82) is 0 Å². The molecule has 0 amide bonds. The Bertz CT molecular complexity index is 424. The molecule has 3 nitrogen and oxygen atoms in total. The Morgan fingerprint density at radius 2 is 2.17 bits per heavy atom. The van der Waals surface area contributed by atoms with Gasteiger partial charge in [-0.25, -0.2) is 0 Å². The van der Waals surface area contributed by atoms with Gasteiger partial charge in [-0.2, -0.15) is 0 Å². The van der Waals surface area contributed by atoms with E-state index in [9.17, 15) is 0 Å². The van der Waals surface area contributed by atoms with E-state index in [0.29, 0.717) is 5.92 Å². The van der Waals surface area contributed by atoms with Crippen LogP contribution in [0.5, 0.6) is 5.75 Å². The quantitative estimate of drug-likeness (QED) is 0.890. The third-order valence-electron chi connectivity index (χ3n) is 3.93. The van der Waals surface area contributed by atoms with Crippen LogP contribution in [-0.4, -0.2) is 25.4 Å². The molecule has 1 saturated heterocycles. The lowest BCUT2D eigenvalue weighted by Gasteiger charge is -2.28. The van der Waals surface area contributed by atoms with Gasteiger partial charge in [0, 0.05) is 18.7 Å². The number of para-hydroxylation sites is 1. The van der Waals surface area contributed by atoms with Gasteiger partial charge in [-0.1, -0.05) is 18.2 Å². The Kier molecular flexibility index (Phi) is 3.04. The molecule has 1 aromatic carbocycles. The highest BCUT2D eigenvalue weighted by atomic mass is 16.5. The van der Waals surface area contributed by atoms with Crippen LogP contribution in [0.25, 0.3) is 0 Å². The summed E-state index contributed by atoms with van der Waals surface area (Å²) in [5.74, 6) is 1.66. The molecular formula is C15H21NO2. The number of hydrogen-bond donors (Lipinski definition) is 1. The van der Waals surface area contributed by atoms with Crippen LogP contribution in [-0.2, 0) is 4.74 Å². The zero-order chi connectivity index (χ0) is 12.6. The molecule has 1 N–H and O–H groups in total. The smallest absolute Gasteiger partial charge is 0.125 e. The average Bonchev–Trinajstić information content (AvgIpc) is 2.91. The Hall–Kier alpha value is -1.06. The molecule has 2 unspecified atom stereocenters. The highest BCUT2D eigenvalue weighted by molar-refractivity contribution is 5.42. The molecule has 2 atom stereocenters. The van der Waals surface area contributed by atoms with E-state index in [1.54, 1.807) is 0 Å².